The molecule has 4 nitrogen and oxygen atoms in total. The van der Waals surface area contributed by atoms with Crippen LogP contribution in [0.15, 0.2) is 77.8 Å². The van der Waals surface area contributed by atoms with E-state index < -0.39 is 0 Å². The van der Waals surface area contributed by atoms with Crippen LogP contribution in [0.1, 0.15) is 43.6 Å². The van der Waals surface area contributed by atoms with Crippen molar-refractivity contribution >= 4 is 11.4 Å². The topological polar surface area (TPSA) is 34.1 Å². The summed E-state index contributed by atoms with van der Waals surface area (Å²) in [5.41, 5.74) is 5.89. The van der Waals surface area contributed by atoms with Crippen LogP contribution in [-0.2, 0) is 6.42 Å². The molecule has 31 heavy (non-hydrogen) atoms. The molecule has 3 aromatic carbocycles. The van der Waals surface area contributed by atoms with E-state index in [2.05, 4.69) is 67.3 Å². The van der Waals surface area contributed by atoms with Gasteiger partial charge in [0.05, 0.1) is 25.5 Å². The standard InChI is InChI=1S/C27H30N2O2/c1-5-20-7-9-21(10-8-20)26-19(3)29(23-13-17-25(18-14-23)31-6-2)27(28-26)22-11-15-24(30-4)16-12-22/h7-19,27H,5-6H2,1-4H3. The largest absolute Gasteiger partial charge is 0.497 e. The molecule has 1 heterocycles. The number of methoxy groups -OCH3 is 1. The molecular weight excluding hydrogens is 384 g/mol. The van der Waals surface area contributed by atoms with Gasteiger partial charge in [-0.2, -0.15) is 0 Å². The van der Waals surface area contributed by atoms with Crippen LogP contribution in [0.4, 0.5) is 5.69 Å². The molecule has 0 bridgehead atoms. The van der Waals surface area contributed by atoms with Crippen molar-refractivity contribution in [3.05, 3.63) is 89.5 Å². The molecule has 0 aliphatic carbocycles. The predicted octanol–water partition coefficient (Wildman–Crippen LogP) is 6.05. The van der Waals surface area contributed by atoms with E-state index in [1.165, 1.54) is 11.1 Å². The quantitative estimate of drug-likeness (QED) is 0.472. The summed E-state index contributed by atoms with van der Waals surface area (Å²) < 4.78 is 11.0. The van der Waals surface area contributed by atoms with Crippen LogP contribution < -0.4 is 14.4 Å². The van der Waals surface area contributed by atoms with Crippen molar-refractivity contribution in [3.8, 4) is 11.5 Å². The van der Waals surface area contributed by atoms with Crippen molar-refractivity contribution in [2.24, 2.45) is 4.99 Å². The second-order valence-electron chi connectivity index (χ2n) is 7.72. The number of hydrogen-bond acceptors (Lipinski definition) is 4. The highest BCUT2D eigenvalue weighted by Crippen LogP contribution is 2.38. The zero-order valence-electron chi connectivity index (χ0n) is 18.7. The molecule has 0 aromatic heterocycles. The van der Waals surface area contributed by atoms with Gasteiger partial charge in [0.1, 0.15) is 17.7 Å². The Kier molecular flexibility index (Phi) is 6.26. The van der Waals surface area contributed by atoms with Crippen LogP contribution in [0.2, 0.25) is 0 Å². The molecule has 0 saturated carbocycles. The molecule has 0 radical (unpaired) electrons. The number of nitrogens with zero attached hydrogens (tertiary/aromatic N) is 2. The number of rotatable bonds is 7. The van der Waals surface area contributed by atoms with E-state index >= 15 is 0 Å². The fourth-order valence-corrected chi connectivity index (χ4v) is 4.13. The van der Waals surface area contributed by atoms with Gasteiger partial charge in [-0.05, 0) is 73.4 Å². The Bertz CT molecular complexity index is 1020. The van der Waals surface area contributed by atoms with Crippen LogP contribution in [0.25, 0.3) is 0 Å². The monoisotopic (exact) mass is 414 g/mol. The third-order valence-corrected chi connectivity index (χ3v) is 5.86. The van der Waals surface area contributed by atoms with E-state index in [-0.39, 0.29) is 12.2 Å². The summed E-state index contributed by atoms with van der Waals surface area (Å²) in [5.74, 6) is 1.73. The van der Waals surface area contributed by atoms with E-state index in [1.807, 2.05) is 31.2 Å². The minimum atomic E-state index is -0.0975. The van der Waals surface area contributed by atoms with E-state index in [1.54, 1.807) is 7.11 Å². The average Bonchev–Trinajstić information content (AvgIpc) is 3.17. The highest BCUT2D eigenvalue weighted by molar-refractivity contribution is 6.07. The molecule has 160 valence electrons. The molecule has 0 spiro atoms. The van der Waals surface area contributed by atoms with E-state index in [9.17, 15) is 0 Å². The van der Waals surface area contributed by atoms with Crippen LogP contribution in [0, 0.1) is 0 Å². The van der Waals surface area contributed by atoms with Gasteiger partial charge in [0.25, 0.3) is 0 Å². The number of benzene rings is 3. The predicted molar refractivity (Wildman–Crippen MR) is 128 cm³/mol. The number of aryl methyl sites for hydroxylation is 1. The first-order valence-electron chi connectivity index (χ1n) is 11.0. The lowest BCUT2D eigenvalue weighted by Crippen LogP contribution is -2.35. The minimum absolute atomic E-state index is 0.0975. The van der Waals surface area contributed by atoms with Gasteiger partial charge in [0.15, 0.2) is 0 Å². The molecule has 4 heteroatoms. The third-order valence-electron chi connectivity index (χ3n) is 5.86. The maximum absolute atomic E-state index is 5.64. The molecule has 2 unspecified atom stereocenters. The Balaban J connectivity index is 1.73. The second-order valence-corrected chi connectivity index (χ2v) is 7.72. The highest BCUT2D eigenvalue weighted by Gasteiger charge is 2.35. The summed E-state index contributed by atoms with van der Waals surface area (Å²) in [6.07, 6.45) is 0.939. The molecule has 3 aromatic rings. The lowest BCUT2D eigenvalue weighted by atomic mass is 10.0. The maximum atomic E-state index is 5.64. The number of anilines is 1. The molecule has 0 saturated heterocycles. The van der Waals surface area contributed by atoms with Crippen molar-refractivity contribution < 1.29 is 9.47 Å². The third kappa shape index (κ3) is 4.29. The summed E-state index contributed by atoms with van der Waals surface area (Å²) in [7, 11) is 1.69. The highest BCUT2D eigenvalue weighted by atomic mass is 16.5. The van der Waals surface area contributed by atoms with Crippen molar-refractivity contribution in [1.29, 1.82) is 0 Å². The van der Waals surface area contributed by atoms with Gasteiger partial charge in [0.2, 0.25) is 0 Å². The normalized spacial score (nSPS) is 18.1. The Morgan fingerprint density at radius 3 is 2.06 bits per heavy atom. The van der Waals surface area contributed by atoms with E-state index in [0.29, 0.717) is 6.61 Å². The van der Waals surface area contributed by atoms with Crippen LogP contribution in [-0.4, -0.2) is 25.5 Å². The summed E-state index contributed by atoms with van der Waals surface area (Å²) in [5, 5.41) is 0. The number of hydrogen-bond donors (Lipinski definition) is 0. The molecule has 1 aliphatic rings. The zero-order valence-corrected chi connectivity index (χ0v) is 18.7. The van der Waals surface area contributed by atoms with Crippen LogP contribution in [0.3, 0.4) is 0 Å². The SMILES string of the molecule is CCOc1ccc(N2C(C)C(c3ccc(CC)cc3)=NC2c2ccc(OC)cc2)cc1. The van der Waals surface area contributed by atoms with Crippen molar-refractivity contribution in [2.45, 2.75) is 39.4 Å². The van der Waals surface area contributed by atoms with E-state index in [4.69, 9.17) is 14.5 Å². The second kappa shape index (κ2) is 9.25. The fourth-order valence-electron chi connectivity index (χ4n) is 4.13. The van der Waals surface area contributed by atoms with Gasteiger partial charge < -0.3 is 14.4 Å². The molecule has 0 amide bonds. The Labute approximate surface area is 185 Å². The van der Waals surface area contributed by atoms with Gasteiger partial charge in [-0.1, -0.05) is 43.3 Å². The van der Waals surface area contributed by atoms with Gasteiger partial charge >= 0.3 is 0 Å². The molecule has 2 atom stereocenters. The van der Waals surface area contributed by atoms with Crippen molar-refractivity contribution in [2.75, 3.05) is 18.6 Å². The molecular formula is C27H30N2O2. The van der Waals surface area contributed by atoms with Crippen molar-refractivity contribution in [3.63, 3.8) is 0 Å². The minimum Gasteiger partial charge on any atom is -0.497 e. The lowest BCUT2D eigenvalue weighted by Gasteiger charge is -2.30. The summed E-state index contributed by atoms with van der Waals surface area (Å²) >= 11 is 0. The fraction of sp³-hybridized carbons (Fsp3) is 0.296. The average molecular weight is 415 g/mol. The van der Waals surface area contributed by atoms with Crippen molar-refractivity contribution in [1.82, 2.24) is 0 Å². The van der Waals surface area contributed by atoms with Crippen LogP contribution in [0.5, 0.6) is 11.5 Å². The first-order valence-corrected chi connectivity index (χ1v) is 11.0. The molecule has 4 rings (SSSR count). The Hall–Kier alpha value is -3.27. The van der Waals surface area contributed by atoms with Gasteiger partial charge in [0, 0.05) is 5.69 Å². The van der Waals surface area contributed by atoms with Gasteiger partial charge in [-0.3, -0.25) is 4.99 Å². The van der Waals surface area contributed by atoms with E-state index in [0.717, 1.165) is 34.9 Å². The zero-order chi connectivity index (χ0) is 21.8. The summed E-state index contributed by atoms with van der Waals surface area (Å²) in [4.78, 5) is 7.58. The first-order chi connectivity index (χ1) is 15.1. The number of aliphatic imine (C=N–C) groups is 1. The summed E-state index contributed by atoms with van der Waals surface area (Å²) in [6, 6.07) is 25.4. The van der Waals surface area contributed by atoms with Gasteiger partial charge in [-0.25, -0.2) is 0 Å². The maximum Gasteiger partial charge on any atom is 0.148 e. The van der Waals surface area contributed by atoms with Crippen LogP contribution >= 0.6 is 0 Å². The smallest absolute Gasteiger partial charge is 0.148 e. The Morgan fingerprint density at radius 1 is 0.839 bits per heavy atom. The lowest BCUT2D eigenvalue weighted by molar-refractivity contribution is 0.340. The molecule has 0 N–H and O–H groups in total. The number of ether oxygens (including phenoxy) is 2. The molecule has 0 fully saturated rings. The Morgan fingerprint density at radius 2 is 1.48 bits per heavy atom. The van der Waals surface area contributed by atoms with Gasteiger partial charge in [-0.15, -0.1) is 0 Å². The summed E-state index contributed by atoms with van der Waals surface area (Å²) in [6.45, 7) is 7.07. The first kappa shape index (κ1) is 21.0. The molecule has 1 aliphatic heterocycles.